The molecule has 0 radical (unpaired) electrons. The van der Waals surface area contributed by atoms with Gasteiger partial charge in [0.1, 0.15) is 5.78 Å². The number of ketones is 1. The van der Waals surface area contributed by atoms with Gasteiger partial charge in [0.25, 0.3) is 0 Å². The van der Waals surface area contributed by atoms with Crippen LogP contribution in [0.2, 0.25) is 0 Å². The predicted molar refractivity (Wildman–Crippen MR) is 43.4 cm³/mol. The lowest BCUT2D eigenvalue weighted by molar-refractivity contribution is -0.126. The highest BCUT2D eigenvalue weighted by molar-refractivity contribution is 5.78. The van der Waals surface area contributed by atoms with Crippen molar-refractivity contribution in [2.75, 3.05) is 6.61 Å². The maximum atomic E-state index is 11.0. The molecule has 1 fully saturated rings. The number of Topliss-reactive ketones (excluding diaryl/α,β-unsaturated/α-hetero) is 1. The van der Waals surface area contributed by atoms with Crippen molar-refractivity contribution in [3.05, 3.63) is 0 Å². The Morgan fingerprint density at radius 2 is 2.27 bits per heavy atom. The summed E-state index contributed by atoms with van der Waals surface area (Å²) in [5.41, 5.74) is 0. The highest BCUT2D eigenvalue weighted by atomic mass is 16.5. The van der Waals surface area contributed by atoms with Gasteiger partial charge in [-0.15, -0.1) is 0 Å². The van der Waals surface area contributed by atoms with Crippen LogP contribution in [0.4, 0.5) is 0 Å². The minimum Gasteiger partial charge on any atom is -0.377 e. The molecule has 64 valence electrons. The van der Waals surface area contributed by atoms with Crippen molar-refractivity contribution >= 4 is 5.78 Å². The van der Waals surface area contributed by atoms with E-state index in [1.807, 2.05) is 6.92 Å². The molecule has 0 aromatic heterocycles. The number of carbonyl (C=O) groups excluding carboxylic acids is 1. The summed E-state index contributed by atoms with van der Waals surface area (Å²) in [6, 6.07) is 0. The van der Waals surface area contributed by atoms with Crippen molar-refractivity contribution in [1.82, 2.24) is 0 Å². The average Bonchev–Trinajstić information content (AvgIpc) is 2.05. The largest absolute Gasteiger partial charge is 0.377 e. The van der Waals surface area contributed by atoms with E-state index in [9.17, 15) is 4.79 Å². The molecular formula is C9H16O2. The number of hydrogen-bond donors (Lipinski definition) is 0. The van der Waals surface area contributed by atoms with E-state index in [2.05, 4.69) is 0 Å². The zero-order valence-electron chi connectivity index (χ0n) is 7.30. The monoisotopic (exact) mass is 156 g/mol. The van der Waals surface area contributed by atoms with Gasteiger partial charge in [-0.3, -0.25) is 4.79 Å². The van der Waals surface area contributed by atoms with Crippen molar-refractivity contribution in [3.63, 3.8) is 0 Å². The average molecular weight is 156 g/mol. The molecule has 0 saturated carbocycles. The van der Waals surface area contributed by atoms with Crippen LogP contribution in [0.15, 0.2) is 0 Å². The summed E-state index contributed by atoms with van der Waals surface area (Å²) < 4.78 is 5.48. The van der Waals surface area contributed by atoms with Crippen molar-refractivity contribution in [1.29, 1.82) is 0 Å². The van der Waals surface area contributed by atoms with E-state index in [-0.39, 0.29) is 17.8 Å². The molecule has 2 heteroatoms. The van der Waals surface area contributed by atoms with Crippen molar-refractivity contribution in [2.45, 2.75) is 39.2 Å². The van der Waals surface area contributed by atoms with Gasteiger partial charge < -0.3 is 4.74 Å². The van der Waals surface area contributed by atoms with Crippen LogP contribution >= 0.6 is 0 Å². The third-order valence-corrected chi connectivity index (χ3v) is 2.41. The van der Waals surface area contributed by atoms with Gasteiger partial charge in [0, 0.05) is 12.5 Å². The number of rotatable bonds is 2. The third kappa shape index (κ3) is 2.29. The van der Waals surface area contributed by atoms with Crippen molar-refractivity contribution in [2.24, 2.45) is 5.92 Å². The second kappa shape index (κ2) is 3.86. The molecule has 0 spiro atoms. The second-order valence-corrected chi connectivity index (χ2v) is 3.30. The molecule has 1 aliphatic rings. The summed E-state index contributed by atoms with van der Waals surface area (Å²) in [4.78, 5) is 11.0. The van der Waals surface area contributed by atoms with Crippen LogP contribution in [0, 0.1) is 5.92 Å². The first-order valence-corrected chi connectivity index (χ1v) is 4.34. The van der Waals surface area contributed by atoms with E-state index < -0.39 is 0 Å². The maximum Gasteiger partial charge on any atom is 0.135 e. The molecule has 11 heavy (non-hydrogen) atoms. The number of hydrogen-bond acceptors (Lipinski definition) is 2. The first-order valence-electron chi connectivity index (χ1n) is 4.34. The zero-order valence-corrected chi connectivity index (χ0v) is 7.30. The Balaban J connectivity index is 2.38. The van der Waals surface area contributed by atoms with Crippen LogP contribution in [0.3, 0.4) is 0 Å². The molecule has 1 rings (SSSR count). The molecule has 0 aromatic rings. The Labute approximate surface area is 67.9 Å². The van der Waals surface area contributed by atoms with Crippen LogP contribution in [0.25, 0.3) is 0 Å². The highest BCUT2D eigenvalue weighted by Gasteiger charge is 2.23. The van der Waals surface area contributed by atoms with Gasteiger partial charge in [0.05, 0.1) is 6.10 Å². The third-order valence-electron chi connectivity index (χ3n) is 2.41. The van der Waals surface area contributed by atoms with Gasteiger partial charge in [-0.05, 0) is 26.2 Å². The zero-order chi connectivity index (χ0) is 8.27. The molecule has 2 nitrogen and oxygen atoms in total. The molecule has 1 saturated heterocycles. The van der Waals surface area contributed by atoms with Crippen LogP contribution in [0.5, 0.6) is 0 Å². The number of carbonyl (C=O) groups is 1. The summed E-state index contributed by atoms with van der Waals surface area (Å²) in [6.07, 6.45) is 3.62. The highest BCUT2D eigenvalue weighted by Crippen LogP contribution is 2.20. The molecule has 2 atom stereocenters. The first-order chi connectivity index (χ1) is 5.22. The molecule has 0 N–H and O–H groups in total. The van der Waals surface area contributed by atoms with E-state index in [1.54, 1.807) is 6.92 Å². The van der Waals surface area contributed by atoms with Crippen molar-refractivity contribution < 1.29 is 9.53 Å². The lowest BCUT2D eigenvalue weighted by atomic mass is 9.94. The summed E-state index contributed by atoms with van der Waals surface area (Å²) in [6.45, 7) is 4.43. The summed E-state index contributed by atoms with van der Waals surface area (Å²) in [7, 11) is 0. The van der Waals surface area contributed by atoms with E-state index in [0.29, 0.717) is 0 Å². The molecular weight excluding hydrogens is 140 g/mol. The molecule has 1 aliphatic heterocycles. The van der Waals surface area contributed by atoms with E-state index in [4.69, 9.17) is 4.74 Å². The van der Waals surface area contributed by atoms with Gasteiger partial charge in [0.2, 0.25) is 0 Å². The summed E-state index contributed by atoms with van der Waals surface area (Å²) in [5, 5.41) is 0. The Morgan fingerprint density at radius 3 is 2.73 bits per heavy atom. The molecule has 0 aromatic carbocycles. The fourth-order valence-electron chi connectivity index (χ4n) is 1.42. The lowest BCUT2D eigenvalue weighted by Gasteiger charge is -2.26. The molecule has 0 aliphatic carbocycles. The van der Waals surface area contributed by atoms with Crippen LogP contribution in [-0.2, 0) is 9.53 Å². The van der Waals surface area contributed by atoms with Gasteiger partial charge in [-0.2, -0.15) is 0 Å². The molecule has 0 bridgehead atoms. The first kappa shape index (κ1) is 8.72. The second-order valence-electron chi connectivity index (χ2n) is 3.30. The van der Waals surface area contributed by atoms with Gasteiger partial charge in [-0.1, -0.05) is 6.92 Å². The minimum absolute atomic E-state index is 0.0929. The minimum atomic E-state index is 0.0929. The SMILES string of the molecule is CC(=O)C(C)C1CCCCO1. The van der Waals surface area contributed by atoms with E-state index in [0.717, 1.165) is 19.4 Å². The van der Waals surface area contributed by atoms with Gasteiger partial charge in [0.15, 0.2) is 0 Å². The topological polar surface area (TPSA) is 26.3 Å². The quantitative estimate of drug-likeness (QED) is 0.609. The van der Waals surface area contributed by atoms with Crippen LogP contribution in [0.1, 0.15) is 33.1 Å². The van der Waals surface area contributed by atoms with Crippen LogP contribution in [-0.4, -0.2) is 18.5 Å². The van der Waals surface area contributed by atoms with Crippen LogP contribution < -0.4 is 0 Å². The van der Waals surface area contributed by atoms with E-state index in [1.165, 1.54) is 6.42 Å². The van der Waals surface area contributed by atoms with Crippen molar-refractivity contribution in [3.8, 4) is 0 Å². The predicted octanol–water partition coefficient (Wildman–Crippen LogP) is 1.78. The Kier molecular flexibility index (Phi) is 3.06. The Bertz CT molecular complexity index is 136. The van der Waals surface area contributed by atoms with E-state index >= 15 is 0 Å². The molecule has 0 amide bonds. The molecule has 1 heterocycles. The molecule has 2 unspecified atom stereocenters. The lowest BCUT2D eigenvalue weighted by Crippen LogP contribution is -2.30. The fourth-order valence-corrected chi connectivity index (χ4v) is 1.42. The summed E-state index contributed by atoms with van der Waals surface area (Å²) >= 11 is 0. The number of ether oxygens (including phenoxy) is 1. The fraction of sp³-hybridized carbons (Fsp3) is 0.889. The van der Waals surface area contributed by atoms with Gasteiger partial charge >= 0.3 is 0 Å². The Hall–Kier alpha value is -0.370. The maximum absolute atomic E-state index is 11.0. The Morgan fingerprint density at radius 1 is 1.55 bits per heavy atom. The standard InChI is InChI=1S/C9H16O2/c1-7(8(2)10)9-5-3-4-6-11-9/h7,9H,3-6H2,1-2H3. The van der Waals surface area contributed by atoms with Gasteiger partial charge in [-0.25, -0.2) is 0 Å². The summed E-state index contributed by atoms with van der Waals surface area (Å²) in [5.74, 6) is 0.340. The smallest absolute Gasteiger partial charge is 0.135 e. The normalized spacial score (nSPS) is 28.0.